The monoisotopic (exact) mass is 184 g/mol. The summed E-state index contributed by atoms with van der Waals surface area (Å²) < 4.78 is 0. The molecule has 0 aromatic carbocycles. The van der Waals surface area contributed by atoms with E-state index in [9.17, 15) is 0 Å². The number of nitrogens with zero attached hydrogens (tertiary/aromatic N) is 1. The molecule has 1 aliphatic rings. The molecular formula is C11H24N2. The van der Waals surface area contributed by atoms with E-state index >= 15 is 0 Å². The average Bonchev–Trinajstić information content (AvgIpc) is 2.05. The van der Waals surface area contributed by atoms with Gasteiger partial charge >= 0.3 is 0 Å². The molecule has 0 radical (unpaired) electrons. The molecule has 1 aliphatic heterocycles. The Morgan fingerprint density at radius 1 is 1.31 bits per heavy atom. The smallest absolute Gasteiger partial charge is 0.000218 e. The predicted octanol–water partition coefficient (Wildman–Crippen LogP) is 1.57. The summed E-state index contributed by atoms with van der Waals surface area (Å²) in [5.74, 6) is 0.899. The van der Waals surface area contributed by atoms with Gasteiger partial charge in [0.25, 0.3) is 0 Å². The first-order valence-electron chi connectivity index (χ1n) is 5.39. The number of piperidine rings is 1. The minimum Gasteiger partial charge on any atom is -0.319 e. The minimum atomic E-state index is 0.468. The number of likely N-dealkylation sites (tertiary alicyclic amines) is 1. The molecule has 0 atom stereocenters. The Balaban J connectivity index is 2.42. The second kappa shape index (κ2) is 4.43. The van der Waals surface area contributed by atoms with E-state index in [1.807, 2.05) is 0 Å². The molecule has 2 nitrogen and oxygen atoms in total. The molecule has 1 heterocycles. The van der Waals surface area contributed by atoms with Crippen LogP contribution < -0.4 is 5.32 Å². The van der Waals surface area contributed by atoms with Crippen molar-refractivity contribution in [2.75, 3.05) is 33.7 Å². The van der Waals surface area contributed by atoms with Crippen LogP contribution in [-0.4, -0.2) is 38.6 Å². The van der Waals surface area contributed by atoms with Crippen LogP contribution in [0.15, 0.2) is 0 Å². The average molecular weight is 184 g/mol. The molecule has 0 aromatic heterocycles. The molecule has 0 unspecified atom stereocenters. The van der Waals surface area contributed by atoms with Crippen molar-refractivity contribution in [3.8, 4) is 0 Å². The molecular weight excluding hydrogens is 160 g/mol. The fourth-order valence-electron chi connectivity index (χ4n) is 2.39. The van der Waals surface area contributed by atoms with Crippen molar-refractivity contribution in [3.63, 3.8) is 0 Å². The number of hydrogen-bond donors (Lipinski definition) is 1. The van der Waals surface area contributed by atoms with E-state index in [1.165, 1.54) is 25.9 Å². The van der Waals surface area contributed by atoms with E-state index in [0.29, 0.717) is 5.41 Å². The van der Waals surface area contributed by atoms with Crippen molar-refractivity contribution in [1.82, 2.24) is 10.2 Å². The maximum atomic E-state index is 3.30. The Kier molecular flexibility index (Phi) is 3.74. The van der Waals surface area contributed by atoms with Crippen molar-refractivity contribution < 1.29 is 0 Å². The van der Waals surface area contributed by atoms with E-state index < -0.39 is 0 Å². The Morgan fingerprint density at radius 3 is 2.31 bits per heavy atom. The molecule has 1 N–H and O–H groups in total. The Morgan fingerprint density at radius 2 is 1.85 bits per heavy atom. The highest BCUT2D eigenvalue weighted by Gasteiger charge is 2.30. The van der Waals surface area contributed by atoms with Crippen LogP contribution in [0.4, 0.5) is 0 Å². The molecule has 0 saturated carbocycles. The summed E-state index contributed by atoms with van der Waals surface area (Å²) in [6.45, 7) is 8.47. The molecule has 13 heavy (non-hydrogen) atoms. The van der Waals surface area contributed by atoms with Crippen LogP contribution in [0.25, 0.3) is 0 Å². The van der Waals surface area contributed by atoms with Crippen LogP contribution in [0, 0.1) is 11.3 Å². The normalized spacial score (nSPS) is 22.2. The third-order valence-corrected chi connectivity index (χ3v) is 3.46. The summed E-state index contributed by atoms with van der Waals surface area (Å²) in [4.78, 5) is 2.44. The van der Waals surface area contributed by atoms with Crippen LogP contribution >= 0.6 is 0 Å². The SMILES string of the molecule is CNCC(C)(C)C1CCN(C)CC1. The molecule has 0 aliphatic carbocycles. The van der Waals surface area contributed by atoms with Crippen LogP contribution in [0.1, 0.15) is 26.7 Å². The summed E-state index contributed by atoms with van der Waals surface area (Å²) in [7, 11) is 4.28. The van der Waals surface area contributed by atoms with Crippen molar-refractivity contribution in [1.29, 1.82) is 0 Å². The largest absolute Gasteiger partial charge is 0.319 e. The number of nitrogens with one attached hydrogen (secondary N) is 1. The maximum absolute atomic E-state index is 3.30. The third kappa shape index (κ3) is 2.96. The van der Waals surface area contributed by atoms with Crippen LogP contribution in [0.5, 0.6) is 0 Å². The standard InChI is InChI=1S/C11H24N2/c1-11(2,9-12-3)10-5-7-13(4)8-6-10/h10,12H,5-9H2,1-4H3. The first kappa shape index (κ1) is 11.0. The minimum absolute atomic E-state index is 0.468. The topological polar surface area (TPSA) is 15.3 Å². The van der Waals surface area contributed by atoms with Crippen molar-refractivity contribution in [2.45, 2.75) is 26.7 Å². The van der Waals surface area contributed by atoms with E-state index in [1.54, 1.807) is 0 Å². The van der Waals surface area contributed by atoms with Gasteiger partial charge in [0, 0.05) is 6.54 Å². The molecule has 0 bridgehead atoms. The molecule has 78 valence electrons. The van der Waals surface area contributed by atoms with Gasteiger partial charge in [-0.25, -0.2) is 0 Å². The number of hydrogen-bond acceptors (Lipinski definition) is 2. The highest BCUT2D eigenvalue weighted by Crippen LogP contribution is 2.33. The zero-order chi connectivity index (χ0) is 9.90. The highest BCUT2D eigenvalue weighted by molar-refractivity contribution is 4.83. The van der Waals surface area contributed by atoms with Gasteiger partial charge in [-0.15, -0.1) is 0 Å². The van der Waals surface area contributed by atoms with Crippen LogP contribution in [-0.2, 0) is 0 Å². The third-order valence-electron chi connectivity index (χ3n) is 3.46. The lowest BCUT2D eigenvalue weighted by Gasteiger charge is -2.39. The zero-order valence-electron chi connectivity index (χ0n) is 9.56. The van der Waals surface area contributed by atoms with Crippen molar-refractivity contribution >= 4 is 0 Å². The van der Waals surface area contributed by atoms with Crippen LogP contribution in [0.3, 0.4) is 0 Å². The van der Waals surface area contributed by atoms with Gasteiger partial charge in [0.15, 0.2) is 0 Å². The van der Waals surface area contributed by atoms with Gasteiger partial charge in [-0.1, -0.05) is 13.8 Å². The van der Waals surface area contributed by atoms with Gasteiger partial charge in [-0.2, -0.15) is 0 Å². The quantitative estimate of drug-likeness (QED) is 0.716. The molecule has 0 spiro atoms. The second-order valence-corrected chi connectivity index (χ2v) is 5.10. The lowest BCUT2D eigenvalue weighted by Crippen LogP contribution is -2.41. The first-order valence-corrected chi connectivity index (χ1v) is 5.39. The predicted molar refractivity (Wildman–Crippen MR) is 57.9 cm³/mol. The van der Waals surface area contributed by atoms with Gasteiger partial charge in [-0.05, 0) is 51.4 Å². The van der Waals surface area contributed by atoms with E-state index in [4.69, 9.17) is 0 Å². The van der Waals surface area contributed by atoms with Gasteiger partial charge in [0.1, 0.15) is 0 Å². The van der Waals surface area contributed by atoms with Gasteiger partial charge in [0.2, 0.25) is 0 Å². The summed E-state index contributed by atoms with van der Waals surface area (Å²) in [6.07, 6.45) is 2.73. The second-order valence-electron chi connectivity index (χ2n) is 5.10. The van der Waals surface area contributed by atoms with Gasteiger partial charge in [-0.3, -0.25) is 0 Å². The molecule has 1 rings (SSSR count). The molecule has 1 fully saturated rings. The van der Waals surface area contributed by atoms with Gasteiger partial charge in [0.05, 0.1) is 0 Å². The number of rotatable bonds is 3. The fraction of sp³-hybridized carbons (Fsp3) is 1.00. The molecule has 2 heteroatoms. The molecule has 1 saturated heterocycles. The molecule has 0 amide bonds. The summed E-state index contributed by atoms with van der Waals surface area (Å²) in [6, 6.07) is 0. The summed E-state index contributed by atoms with van der Waals surface area (Å²) in [5.41, 5.74) is 0.468. The van der Waals surface area contributed by atoms with E-state index in [0.717, 1.165) is 12.5 Å². The first-order chi connectivity index (χ1) is 6.06. The van der Waals surface area contributed by atoms with Gasteiger partial charge < -0.3 is 10.2 Å². The van der Waals surface area contributed by atoms with E-state index in [2.05, 4.69) is 38.2 Å². The van der Waals surface area contributed by atoms with Crippen molar-refractivity contribution in [3.05, 3.63) is 0 Å². The Hall–Kier alpha value is -0.0800. The zero-order valence-corrected chi connectivity index (χ0v) is 9.56. The van der Waals surface area contributed by atoms with Crippen LogP contribution in [0.2, 0.25) is 0 Å². The fourth-order valence-corrected chi connectivity index (χ4v) is 2.39. The highest BCUT2D eigenvalue weighted by atomic mass is 15.1. The lowest BCUT2D eigenvalue weighted by atomic mass is 9.73. The maximum Gasteiger partial charge on any atom is 0.000218 e. The summed E-state index contributed by atoms with van der Waals surface area (Å²) in [5, 5.41) is 3.30. The van der Waals surface area contributed by atoms with E-state index in [-0.39, 0.29) is 0 Å². The van der Waals surface area contributed by atoms with Crippen molar-refractivity contribution in [2.24, 2.45) is 11.3 Å². The Labute approximate surface area is 82.7 Å². The lowest BCUT2D eigenvalue weighted by molar-refractivity contribution is 0.115. The summed E-state index contributed by atoms with van der Waals surface area (Å²) >= 11 is 0. The molecule has 0 aromatic rings. The Bertz CT molecular complexity index is 146.